The second-order valence-electron chi connectivity index (χ2n) is 7.36. The predicted molar refractivity (Wildman–Crippen MR) is 113 cm³/mol. The Morgan fingerprint density at radius 1 is 1.17 bits per heavy atom. The van der Waals surface area contributed by atoms with Crippen molar-refractivity contribution in [2.24, 2.45) is 5.92 Å². The highest BCUT2D eigenvalue weighted by atomic mass is 32.2. The summed E-state index contributed by atoms with van der Waals surface area (Å²) in [6, 6.07) is 5.26. The van der Waals surface area contributed by atoms with Crippen LogP contribution in [0.15, 0.2) is 34.8 Å². The van der Waals surface area contributed by atoms with E-state index >= 15 is 0 Å². The first kappa shape index (κ1) is 21.7. The summed E-state index contributed by atoms with van der Waals surface area (Å²) in [6.45, 7) is 6.44. The minimum atomic E-state index is -3.51. The van der Waals surface area contributed by atoms with Gasteiger partial charge in [0.25, 0.3) is 10.0 Å². The highest BCUT2D eigenvalue weighted by molar-refractivity contribution is 7.91. The molecule has 29 heavy (non-hydrogen) atoms. The van der Waals surface area contributed by atoms with E-state index in [1.807, 2.05) is 24.8 Å². The van der Waals surface area contributed by atoms with E-state index in [4.69, 9.17) is 0 Å². The number of anilines is 1. The van der Waals surface area contributed by atoms with Gasteiger partial charge >= 0.3 is 0 Å². The molecular formula is C19H27N5O3S2. The van der Waals surface area contributed by atoms with Gasteiger partial charge in [0, 0.05) is 56.4 Å². The van der Waals surface area contributed by atoms with Crippen LogP contribution in [0.2, 0.25) is 0 Å². The molecule has 2 aromatic rings. The molecule has 1 fully saturated rings. The molecule has 8 nitrogen and oxygen atoms in total. The molecule has 0 aromatic carbocycles. The number of amides is 1. The van der Waals surface area contributed by atoms with E-state index < -0.39 is 10.0 Å². The van der Waals surface area contributed by atoms with Crippen molar-refractivity contribution in [1.82, 2.24) is 19.6 Å². The number of carbonyl (C=O) groups is 1. The van der Waals surface area contributed by atoms with E-state index in [0.29, 0.717) is 61.6 Å². The van der Waals surface area contributed by atoms with E-state index in [1.165, 1.54) is 15.6 Å². The third-order valence-corrected chi connectivity index (χ3v) is 8.10. The van der Waals surface area contributed by atoms with Gasteiger partial charge in [0.2, 0.25) is 11.9 Å². The van der Waals surface area contributed by atoms with Gasteiger partial charge in [0.05, 0.1) is 0 Å². The largest absolute Gasteiger partial charge is 0.356 e. The van der Waals surface area contributed by atoms with Gasteiger partial charge in [-0.1, -0.05) is 13.8 Å². The van der Waals surface area contributed by atoms with Gasteiger partial charge in [0.1, 0.15) is 4.21 Å². The molecular weight excluding hydrogens is 410 g/mol. The van der Waals surface area contributed by atoms with Crippen molar-refractivity contribution in [3.63, 3.8) is 0 Å². The van der Waals surface area contributed by atoms with Crippen LogP contribution in [0.25, 0.3) is 0 Å². The molecule has 0 spiro atoms. The smallest absolute Gasteiger partial charge is 0.252 e. The highest BCUT2D eigenvalue weighted by Gasteiger charge is 2.30. The van der Waals surface area contributed by atoms with Crippen LogP contribution in [0.1, 0.15) is 25.1 Å². The molecule has 2 aromatic heterocycles. The zero-order valence-electron chi connectivity index (χ0n) is 16.7. The van der Waals surface area contributed by atoms with Crippen LogP contribution in [0.5, 0.6) is 0 Å². The molecule has 3 heterocycles. The van der Waals surface area contributed by atoms with Crippen molar-refractivity contribution in [1.29, 1.82) is 0 Å². The Morgan fingerprint density at radius 3 is 2.52 bits per heavy atom. The number of piperazine rings is 1. The second kappa shape index (κ2) is 9.64. The SMILES string of the molecule is CC(C)CC(=O)NCCc1ccc(S(=O)(=O)N2CCN(c3ncccn3)CC2)s1. The van der Waals surface area contributed by atoms with Gasteiger partial charge in [-0.25, -0.2) is 18.4 Å². The van der Waals surface area contributed by atoms with Crippen LogP contribution in [0.3, 0.4) is 0 Å². The number of aromatic nitrogens is 2. The Balaban J connectivity index is 1.53. The number of thiophene rings is 1. The quantitative estimate of drug-likeness (QED) is 0.676. The first-order valence-corrected chi connectivity index (χ1v) is 12.0. The maximum Gasteiger partial charge on any atom is 0.252 e. The van der Waals surface area contributed by atoms with Crippen molar-refractivity contribution in [3.05, 3.63) is 35.5 Å². The van der Waals surface area contributed by atoms with Crippen LogP contribution in [-0.2, 0) is 21.2 Å². The van der Waals surface area contributed by atoms with Gasteiger partial charge in [-0.3, -0.25) is 4.79 Å². The minimum Gasteiger partial charge on any atom is -0.356 e. The van der Waals surface area contributed by atoms with Crippen LogP contribution < -0.4 is 10.2 Å². The molecule has 0 radical (unpaired) electrons. The molecule has 10 heteroatoms. The van der Waals surface area contributed by atoms with E-state index in [0.717, 1.165) is 4.88 Å². The summed E-state index contributed by atoms with van der Waals surface area (Å²) in [6.07, 6.45) is 4.50. The lowest BCUT2D eigenvalue weighted by molar-refractivity contribution is -0.121. The fourth-order valence-electron chi connectivity index (χ4n) is 3.11. The lowest BCUT2D eigenvalue weighted by atomic mass is 10.1. The molecule has 0 aliphatic carbocycles. The molecule has 3 rings (SSSR count). The maximum atomic E-state index is 13.0. The number of sulfonamides is 1. The Labute approximate surface area is 176 Å². The van der Waals surface area contributed by atoms with Gasteiger partial charge in [-0.05, 0) is 30.5 Å². The maximum absolute atomic E-state index is 13.0. The second-order valence-corrected chi connectivity index (χ2v) is 10.7. The summed E-state index contributed by atoms with van der Waals surface area (Å²) < 4.78 is 27.8. The zero-order valence-corrected chi connectivity index (χ0v) is 18.4. The fraction of sp³-hybridized carbons (Fsp3) is 0.526. The Bertz CT molecular complexity index is 907. The average Bonchev–Trinajstić information content (AvgIpc) is 3.18. The number of nitrogens with one attached hydrogen (secondary N) is 1. The molecule has 158 valence electrons. The van der Waals surface area contributed by atoms with Crippen LogP contribution in [0, 0.1) is 5.92 Å². The molecule has 0 saturated carbocycles. The third kappa shape index (κ3) is 5.74. The number of carbonyl (C=O) groups excluding carboxylic acids is 1. The normalized spacial score (nSPS) is 15.6. The Morgan fingerprint density at radius 2 is 1.86 bits per heavy atom. The summed E-state index contributed by atoms with van der Waals surface area (Å²) >= 11 is 1.28. The zero-order chi connectivity index (χ0) is 20.9. The summed E-state index contributed by atoms with van der Waals surface area (Å²) in [5.74, 6) is 0.981. The number of rotatable bonds is 8. The van der Waals surface area contributed by atoms with Crippen LogP contribution >= 0.6 is 11.3 Å². The molecule has 1 aliphatic rings. The monoisotopic (exact) mass is 437 g/mol. The van der Waals surface area contributed by atoms with Crippen LogP contribution in [0.4, 0.5) is 5.95 Å². The first-order chi connectivity index (χ1) is 13.9. The Kier molecular flexibility index (Phi) is 7.20. The average molecular weight is 438 g/mol. The lowest BCUT2D eigenvalue weighted by Crippen LogP contribution is -2.49. The van der Waals surface area contributed by atoms with E-state index in [9.17, 15) is 13.2 Å². The van der Waals surface area contributed by atoms with Gasteiger partial charge in [0.15, 0.2) is 0 Å². The van der Waals surface area contributed by atoms with E-state index in [1.54, 1.807) is 24.5 Å². The minimum absolute atomic E-state index is 0.0321. The first-order valence-electron chi connectivity index (χ1n) is 9.74. The predicted octanol–water partition coefficient (Wildman–Crippen LogP) is 1.75. The van der Waals surface area contributed by atoms with E-state index in [-0.39, 0.29) is 5.91 Å². The van der Waals surface area contributed by atoms with Crippen LogP contribution in [-0.4, -0.2) is 61.3 Å². The van der Waals surface area contributed by atoms with Gasteiger partial charge in [-0.2, -0.15) is 4.31 Å². The summed E-state index contributed by atoms with van der Waals surface area (Å²) in [5.41, 5.74) is 0. The molecule has 1 saturated heterocycles. The highest BCUT2D eigenvalue weighted by Crippen LogP contribution is 2.26. The lowest BCUT2D eigenvalue weighted by Gasteiger charge is -2.33. The van der Waals surface area contributed by atoms with Gasteiger partial charge < -0.3 is 10.2 Å². The summed E-state index contributed by atoms with van der Waals surface area (Å²) in [7, 11) is -3.51. The van der Waals surface area contributed by atoms with Crippen molar-refractivity contribution < 1.29 is 13.2 Å². The molecule has 1 N–H and O–H groups in total. The molecule has 0 atom stereocenters. The van der Waals surface area contributed by atoms with Crippen molar-refractivity contribution in [3.8, 4) is 0 Å². The molecule has 1 aliphatic heterocycles. The fourth-order valence-corrected chi connectivity index (χ4v) is 6.04. The topological polar surface area (TPSA) is 95.5 Å². The Hall–Kier alpha value is -2.04. The number of nitrogens with zero attached hydrogens (tertiary/aromatic N) is 4. The third-order valence-electron chi connectivity index (χ3n) is 4.59. The standard InChI is InChI=1S/C19H27N5O3S2/c1-15(2)14-17(25)20-9-6-16-4-5-18(28-16)29(26,27)24-12-10-23(11-13-24)19-21-7-3-8-22-19/h3-5,7-8,15H,6,9-14H2,1-2H3,(H,20,25). The van der Waals surface area contributed by atoms with Gasteiger partial charge in [-0.15, -0.1) is 11.3 Å². The molecule has 1 amide bonds. The number of hydrogen-bond donors (Lipinski definition) is 1. The van der Waals surface area contributed by atoms with E-state index in [2.05, 4.69) is 15.3 Å². The summed E-state index contributed by atoms with van der Waals surface area (Å²) in [5, 5.41) is 2.88. The molecule has 0 unspecified atom stereocenters. The van der Waals surface area contributed by atoms with Crippen molar-refractivity contribution in [2.45, 2.75) is 30.9 Å². The van der Waals surface area contributed by atoms with Crippen molar-refractivity contribution >= 4 is 33.2 Å². The molecule has 0 bridgehead atoms. The number of hydrogen-bond acceptors (Lipinski definition) is 7. The van der Waals surface area contributed by atoms with Crippen molar-refractivity contribution in [2.75, 3.05) is 37.6 Å². The summed E-state index contributed by atoms with van der Waals surface area (Å²) in [4.78, 5) is 23.1.